The summed E-state index contributed by atoms with van der Waals surface area (Å²) in [6, 6.07) is 13.9. The molecule has 0 spiro atoms. The molecule has 0 saturated heterocycles. The molecule has 0 saturated carbocycles. The van der Waals surface area contributed by atoms with Gasteiger partial charge in [0.2, 0.25) is 0 Å². The van der Waals surface area contributed by atoms with Crippen molar-refractivity contribution in [1.82, 2.24) is 0 Å². The summed E-state index contributed by atoms with van der Waals surface area (Å²) < 4.78 is 11.2. The normalized spacial score (nSPS) is 11.1. The van der Waals surface area contributed by atoms with Crippen LogP contribution in [0.4, 0.5) is 5.69 Å². The van der Waals surface area contributed by atoms with Crippen molar-refractivity contribution in [3.8, 4) is 11.5 Å². The van der Waals surface area contributed by atoms with E-state index in [2.05, 4.69) is 25.2 Å². The first kappa shape index (κ1) is 24.5. The van der Waals surface area contributed by atoms with Crippen LogP contribution in [-0.2, 0) is 17.8 Å². The topological polar surface area (TPSA) is 67.8 Å². The van der Waals surface area contributed by atoms with E-state index in [9.17, 15) is 4.79 Å². The van der Waals surface area contributed by atoms with E-state index < -0.39 is 0 Å². The number of carbonyl (C=O) groups excluding carboxylic acids is 1. The standard InChI is InChI=1S/C18H23NO3.C6H12O/c1-19-17-7-3-4-8-18(17)22-13-15-10-14(6-5-9-20)11-16(12-15)21-2;1-3-6(2)4-5-7/h3-4,7-8,10-12,19-20H,5-6,9,13H2,1-2H3;5-6H,3-4H2,1-2H3. The zero-order chi connectivity index (χ0) is 21.5. The molecular weight excluding hydrogens is 366 g/mol. The van der Waals surface area contributed by atoms with Gasteiger partial charge in [0.25, 0.3) is 0 Å². The van der Waals surface area contributed by atoms with Crippen LogP contribution in [0.15, 0.2) is 42.5 Å². The number of aryl methyl sites for hydroxylation is 1. The van der Waals surface area contributed by atoms with Crippen LogP contribution >= 0.6 is 0 Å². The lowest BCUT2D eigenvalue weighted by molar-refractivity contribution is -0.108. The fourth-order valence-corrected chi connectivity index (χ4v) is 2.65. The Morgan fingerprint density at radius 2 is 1.90 bits per heavy atom. The molecule has 0 fully saturated rings. The van der Waals surface area contributed by atoms with E-state index in [1.54, 1.807) is 7.11 Å². The molecule has 0 bridgehead atoms. The largest absolute Gasteiger partial charge is 0.497 e. The van der Waals surface area contributed by atoms with E-state index >= 15 is 0 Å². The summed E-state index contributed by atoms with van der Waals surface area (Å²) in [5.74, 6) is 2.22. The van der Waals surface area contributed by atoms with E-state index in [1.165, 1.54) is 0 Å². The van der Waals surface area contributed by atoms with E-state index in [4.69, 9.17) is 14.6 Å². The minimum atomic E-state index is 0.193. The summed E-state index contributed by atoms with van der Waals surface area (Å²) in [6.07, 6.45) is 4.38. The summed E-state index contributed by atoms with van der Waals surface area (Å²) in [6.45, 7) is 4.84. The third-order valence-corrected chi connectivity index (χ3v) is 4.63. The number of hydrogen-bond donors (Lipinski definition) is 2. The molecule has 29 heavy (non-hydrogen) atoms. The maximum absolute atomic E-state index is 9.77. The monoisotopic (exact) mass is 401 g/mol. The van der Waals surface area contributed by atoms with Gasteiger partial charge in [-0.15, -0.1) is 0 Å². The minimum Gasteiger partial charge on any atom is -0.497 e. The number of carbonyl (C=O) groups is 1. The molecule has 160 valence electrons. The number of ether oxygens (including phenoxy) is 2. The molecule has 0 aliphatic rings. The quantitative estimate of drug-likeness (QED) is 0.526. The lowest BCUT2D eigenvalue weighted by Crippen LogP contribution is -2.01. The number of para-hydroxylation sites is 2. The lowest BCUT2D eigenvalue weighted by Gasteiger charge is -2.13. The molecule has 0 aromatic heterocycles. The highest BCUT2D eigenvalue weighted by molar-refractivity contribution is 5.55. The summed E-state index contributed by atoms with van der Waals surface area (Å²) in [4.78, 5) is 9.77. The van der Waals surface area contributed by atoms with Gasteiger partial charge in [-0.05, 0) is 54.2 Å². The van der Waals surface area contributed by atoms with Crippen molar-refractivity contribution in [3.63, 3.8) is 0 Å². The number of methoxy groups -OCH3 is 1. The number of rotatable bonds is 11. The fourth-order valence-electron chi connectivity index (χ4n) is 2.65. The molecule has 0 amide bonds. The number of aldehydes is 1. The highest BCUT2D eigenvalue weighted by Crippen LogP contribution is 2.25. The van der Waals surface area contributed by atoms with Crippen molar-refractivity contribution < 1.29 is 19.4 Å². The average molecular weight is 402 g/mol. The molecule has 1 atom stereocenters. The smallest absolute Gasteiger partial charge is 0.142 e. The maximum Gasteiger partial charge on any atom is 0.142 e. The summed E-state index contributed by atoms with van der Waals surface area (Å²) in [5.41, 5.74) is 3.16. The summed E-state index contributed by atoms with van der Waals surface area (Å²) in [7, 11) is 3.53. The predicted octanol–water partition coefficient (Wildman–Crippen LogP) is 4.86. The van der Waals surface area contributed by atoms with E-state index in [0.29, 0.717) is 12.5 Å². The summed E-state index contributed by atoms with van der Waals surface area (Å²) in [5, 5.41) is 12.1. The van der Waals surface area contributed by atoms with Gasteiger partial charge in [0.1, 0.15) is 24.4 Å². The van der Waals surface area contributed by atoms with Crippen molar-refractivity contribution in [3.05, 3.63) is 53.6 Å². The Bertz CT molecular complexity index is 718. The summed E-state index contributed by atoms with van der Waals surface area (Å²) >= 11 is 0. The van der Waals surface area contributed by atoms with Gasteiger partial charge in [-0.1, -0.05) is 38.5 Å². The van der Waals surface area contributed by atoms with Crippen LogP contribution in [-0.4, -0.2) is 32.2 Å². The molecule has 0 heterocycles. The number of nitrogens with one attached hydrogen (secondary N) is 1. The van der Waals surface area contributed by atoms with Crippen molar-refractivity contribution in [1.29, 1.82) is 0 Å². The van der Waals surface area contributed by atoms with E-state index in [-0.39, 0.29) is 6.61 Å². The van der Waals surface area contributed by atoms with E-state index in [1.807, 2.05) is 43.4 Å². The second-order valence-corrected chi connectivity index (χ2v) is 6.97. The minimum absolute atomic E-state index is 0.193. The molecule has 1 unspecified atom stereocenters. The molecule has 0 aliphatic carbocycles. The lowest BCUT2D eigenvalue weighted by atomic mass is 10.1. The van der Waals surface area contributed by atoms with Gasteiger partial charge in [-0.3, -0.25) is 0 Å². The maximum atomic E-state index is 9.77. The predicted molar refractivity (Wildman–Crippen MR) is 119 cm³/mol. The number of anilines is 1. The highest BCUT2D eigenvalue weighted by atomic mass is 16.5. The molecule has 2 aromatic carbocycles. The molecule has 2 N–H and O–H groups in total. The molecular formula is C24H35NO4. The first-order chi connectivity index (χ1) is 14.1. The Morgan fingerprint density at radius 3 is 2.48 bits per heavy atom. The molecule has 0 radical (unpaired) electrons. The third kappa shape index (κ3) is 9.48. The zero-order valence-corrected chi connectivity index (χ0v) is 18.1. The van der Waals surface area contributed by atoms with Crippen LogP contribution in [0.5, 0.6) is 11.5 Å². The Hall–Kier alpha value is -2.53. The van der Waals surface area contributed by atoms with Gasteiger partial charge in [-0.25, -0.2) is 0 Å². The van der Waals surface area contributed by atoms with Gasteiger partial charge in [0.15, 0.2) is 0 Å². The molecule has 5 heteroatoms. The second-order valence-electron chi connectivity index (χ2n) is 6.97. The van der Waals surface area contributed by atoms with Crippen LogP contribution in [0.25, 0.3) is 0 Å². The number of hydrogen-bond acceptors (Lipinski definition) is 5. The van der Waals surface area contributed by atoms with Crippen molar-refractivity contribution in [2.45, 2.75) is 46.1 Å². The van der Waals surface area contributed by atoms with Gasteiger partial charge in [0.05, 0.1) is 12.8 Å². The zero-order valence-electron chi connectivity index (χ0n) is 18.1. The SMILES string of the molecule is CCC(C)CC=O.CNc1ccccc1OCc1cc(CCCO)cc(OC)c1. The average Bonchev–Trinajstić information content (AvgIpc) is 2.76. The Balaban J connectivity index is 0.000000516. The molecule has 0 aliphatic heterocycles. The highest BCUT2D eigenvalue weighted by Gasteiger charge is 2.05. The Morgan fingerprint density at radius 1 is 1.17 bits per heavy atom. The Labute approximate surface area is 175 Å². The van der Waals surface area contributed by atoms with Crippen LogP contribution < -0.4 is 14.8 Å². The first-order valence-electron chi connectivity index (χ1n) is 10.2. The number of aliphatic hydroxyl groups excluding tert-OH is 1. The number of benzene rings is 2. The van der Waals surface area contributed by atoms with Crippen molar-refractivity contribution in [2.24, 2.45) is 5.92 Å². The molecule has 5 nitrogen and oxygen atoms in total. The third-order valence-electron chi connectivity index (χ3n) is 4.63. The molecule has 2 rings (SSSR count). The second kappa shape index (κ2) is 14.5. The van der Waals surface area contributed by atoms with Gasteiger partial charge >= 0.3 is 0 Å². The van der Waals surface area contributed by atoms with Gasteiger partial charge in [0, 0.05) is 20.1 Å². The van der Waals surface area contributed by atoms with Gasteiger partial charge < -0.3 is 24.7 Å². The Kier molecular flexibility index (Phi) is 12.2. The first-order valence-corrected chi connectivity index (χ1v) is 10.2. The van der Waals surface area contributed by atoms with Gasteiger partial charge in [-0.2, -0.15) is 0 Å². The van der Waals surface area contributed by atoms with Crippen LogP contribution in [0.3, 0.4) is 0 Å². The van der Waals surface area contributed by atoms with Crippen LogP contribution in [0.2, 0.25) is 0 Å². The number of aliphatic hydroxyl groups is 1. The fraction of sp³-hybridized carbons (Fsp3) is 0.458. The van der Waals surface area contributed by atoms with Crippen molar-refractivity contribution in [2.75, 3.05) is 26.1 Å². The van der Waals surface area contributed by atoms with Crippen LogP contribution in [0.1, 0.15) is 44.2 Å². The van der Waals surface area contributed by atoms with Crippen molar-refractivity contribution >= 4 is 12.0 Å². The molecule has 2 aromatic rings. The van der Waals surface area contributed by atoms with Crippen LogP contribution in [0, 0.1) is 5.92 Å². The van der Waals surface area contributed by atoms with E-state index in [0.717, 1.165) is 60.3 Å².